The number of ether oxygens (including phenoxy) is 2. The highest BCUT2D eigenvalue weighted by Crippen LogP contribution is 2.28. The predicted octanol–water partition coefficient (Wildman–Crippen LogP) is 3.02. The monoisotopic (exact) mass is 360 g/mol. The Balaban J connectivity index is 1.94. The lowest BCUT2D eigenvalue weighted by Crippen LogP contribution is -2.40. The first-order valence-electron chi connectivity index (χ1n) is 7.85. The zero-order valence-corrected chi connectivity index (χ0v) is 14.9. The minimum Gasteiger partial charge on any atom is -0.490 e. The van der Waals surface area contributed by atoms with Crippen LogP contribution in [0.3, 0.4) is 0 Å². The van der Waals surface area contributed by atoms with Crippen LogP contribution in [-0.4, -0.2) is 25.0 Å². The largest absolute Gasteiger partial charge is 0.490 e. The molecule has 2 N–H and O–H groups in total. The van der Waals surface area contributed by atoms with Crippen LogP contribution in [0.25, 0.3) is 6.08 Å². The molecule has 6 nitrogen and oxygen atoms in total. The Labute approximate surface area is 150 Å². The van der Waals surface area contributed by atoms with E-state index in [0.717, 1.165) is 5.56 Å². The zero-order valence-electron chi connectivity index (χ0n) is 14.1. The summed E-state index contributed by atoms with van der Waals surface area (Å²) < 4.78 is 11.0. The molecule has 2 amide bonds. The van der Waals surface area contributed by atoms with Crippen molar-refractivity contribution in [3.05, 3.63) is 52.2 Å². The molecule has 0 bridgehead atoms. The predicted molar refractivity (Wildman–Crippen MR) is 97.7 cm³/mol. The topological polar surface area (TPSA) is 76.7 Å². The van der Waals surface area contributed by atoms with Crippen LogP contribution in [0.4, 0.5) is 0 Å². The van der Waals surface area contributed by atoms with Crippen molar-refractivity contribution in [2.75, 3.05) is 13.2 Å². The fourth-order valence-electron chi connectivity index (χ4n) is 1.97. The minimum absolute atomic E-state index is 0.351. The lowest BCUT2D eigenvalue weighted by molar-refractivity contribution is -0.117. The maximum atomic E-state index is 11.8. The van der Waals surface area contributed by atoms with Gasteiger partial charge >= 0.3 is 0 Å². The third-order valence-corrected chi connectivity index (χ3v) is 3.91. The van der Waals surface area contributed by atoms with Gasteiger partial charge in [-0.15, -0.1) is 11.3 Å². The number of carbonyl (C=O) groups excluding carboxylic acids is 2. The van der Waals surface area contributed by atoms with E-state index in [9.17, 15) is 9.59 Å². The fraction of sp³-hybridized carbons (Fsp3) is 0.222. The molecule has 0 aliphatic carbocycles. The van der Waals surface area contributed by atoms with Crippen molar-refractivity contribution in [2.24, 2.45) is 0 Å². The van der Waals surface area contributed by atoms with Gasteiger partial charge in [-0.25, -0.2) is 0 Å². The van der Waals surface area contributed by atoms with E-state index in [4.69, 9.17) is 9.47 Å². The van der Waals surface area contributed by atoms with Gasteiger partial charge in [0.2, 0.25) is 0 Å². The fourth-order valence-corrected chi connectivity index (χ4v) is 2.59. The SMILES string of the molecule is CCOc1ccc(/C=C/C(=O)NNC(=O)c2cccs2)cc1OCC. The van der Waals surface area contributed by atoms with E-state index in [-0.39, 0.29) is 5.91 Å². The van der Waals surface area contributed by atoms with Crippen LogP contribution >= 0.6 is 11.3 Å². The van der Waals surface area contributed by atoms with Crippen molar-refractivity contribution in [1.29, 1.82) is 0 Å². The smallest absolute Gasteiger partial charge is 0.279 e. The summed E-state index contributed by atoms with van der Waals surface area (Å²) in [5.41, 5.74) is 5.48. The first kappa shape index (κ1) is 18.5. The summed E-state index contributed by atoms with van der Waals surface area (Å²) in [5, 5.41) is 1.79. The number of thiophene rings is 1. The molecule has 0 aliphatic rings. The highest BCUT2D eigenvalue weighted by Gasteiger charge is 2.07. The van der Waals surface area contributed by atoms with E-state index in [1.54, 1.807) is 35.7 Å². The van der Waals surface area contributed by atoms with E-state index >= 15 is 0 Å². The van der Waals surface area contributed by atoms with Crippen LogP contribution in [-0.2, 0) is 4.79 Å². The molecule has 0 spiro atoms. The lowest BCUT2D eigenvalue weighted by atomic mass is 10.2. The van der Waals surface area contributed by atoms with E-state index in [2.05, 4.69) is 10.9 Å². The molecule has 0 unspecified atom stereocenters. The van der Waals surface area contributed by atoms with E-state index in [1.807, 2.05) is 19.9 Å². The number of nitrogens with one attached hydrogen (secondary N) is 2. The Morgan fingerprint density at radius 2 is 1.84 bits per heavy atom. The summed E-state index contributed by atoms with van der Waals surface area (Å²) in [6.45, 7) is 4.85. The van der Waals surface area contributed by atoms with E-state index < -0.39 is 5.91 Å². The van der Waals surface area contributed by atoms with Crippen molar-refractivity contribution in [1.82, 2.24) is 10.9 Å². The van der Waals surface area contributed by atoms with Gasteiger partial charge in [-0.3, -0.25) is 20.4 Å². The first-order valence-corrected chi connectivity index (χ1v) is 8.73. The first-order chi connectivity index (χ1) is 12.1. The van der Waals surface area contributed by atoms with Crippen LogP contribution < -0.4 is 20.3 Å². The maximum Gasteiger partial charge on any atom is 0.279 e. The molecule has 0 saturated carbocycles. The summed E-state index contributed by atoms with van der Waals surface area (Å²) in [6.07, 6.45) is 2.96. The summed E-state index contributed by atoms with van der Waals surface area (Å²) in [7, 11) is 0. The Hall–Kier alpha value is -2.80. The highest BCUT2D eigenvalue weighted by atomic mass is 32.1. The second-order valence-corrected chi connectivity index (χ2v) is 5.77. The Bertz CT molecular complexity index is 742. The summed E-state index contributed by atoms with van der Waals surface area (Å²) >= 11 is 1.30. The molecule has 2 aromatic rings. The molecule has 0 saturated heterocycles. The van der Waals surface area contributed by atoms with Crippen molar-refractivity contribution >= 4 is 29.2 Å². The van der Waals surface area contributed by atoms with Gasteiger partial charge in [0.15, 0.2) is 11.5 Å². The number of hydrogen-bond donors (Lipinski definition) is 2. The third kappa shape index (κ3) is 5.65. The van der Waals surface area contributed by atoms with Gasteiger partial charge < -0.3 is 9.47 Å². The lowest BCUT2D eigenvalue weighted by Gasteiger charge is -2.11. The Kier molecular flexibility index (Phi) is 7.03. The van der Waals surface area contributed by atoms with Gasteiger partial charge in [-0.05, 0) is 49.1 Å². The molecule has 1 heterocycles. The zero-order chi connectivity index (χ0) is 18.1. The quantitative estimate of drug-likeness (QED) is 0.588. The van der Waals surface area contributed by atoms with Gasteiger partial charge in [0.25, 0.3) is 11.8 Å². The van der Waals surface area contributed by atoms with Gasteiger partial charge in [-0.1, -0.05) is 12.1 Å². The molecule has 2 rings (SSSR count). The number of amides is 2. The maximum absolute atomic E-state index is 11.8. The average molecular weight is 360 g/mol. The van der Waals surface area contributed by atoms with E-state index in [1.165, 1.54) is 17.4 Å². The van der Waals surface area contributed by atoms with Gasteiger partial charge in [0.05, 0.1) is 18.1 Å². The van der Waals surface area contributed by atoms with E-state index in [0.29, 0.717) is 29.6 Å². The van der Waals surface area contributed by atoms with Crippen LogP contribution in [0.15, 0.2) is 41.8 Å². The molecule has 0 fully saturated rings. The Morgan fingerprint density at radius 3 is 2.52 bits per heavy atom. The molecule has 25 heavy (non-hydrogen) atoms. The molecule has 1 aromatic heterocycles. The molecule has 7 heteroatoms. The number of carbonyl (C=O) groups is 2. The second-order valence-electron chi connectivity index (χ2n) is 4.83. The third-order valence-electron chi connectivity index (χ3n) is 3.04. The summed E-state index contributed by atoms with van der Waals surface area (Å²) in [5.74, 6) is 0.500. The van der Waals surface area contributed by atoms with Crippen molar-refractivity contribution in [3.8, 4) is 11.5 Å². The molecule has 1 aromatic carbocycles. The van der Waals surface area contributed by atoms with Crippen LogP contribution in [0.5, 0.6) is 11.5 Å². The van der Waals surface area contributed by atoms with Gasteiger partial charge in [-0.2, -0.15) is 0 Å². The molecule has 132 valence electrons. The van der Waals surface area contributed by atoms with Gasteiger partial charge in [0, 0.05) is 6.08 Å². The normalized spacial score (nSPS) is 10.5. The summed E-state index contributed by atoms with van der Waals surface area (Å²) in [6, 6.07) is 8.86. The number of hydrogen-bond acceptors (Lipinski definition) is 5. The van der Waals surface area contributed by atoms with Crippen LogP contribution in [0.1, 0.15) is 29.1 Å². The molecule has 0 atom stereocenters. The average Bonchev–Trinajstić information content (AvgIpc) is 3.15. The highest BCUT2D eigenvalue weighted by molar-refractivity contribution is 7.12. The van der Waals surface area contributed by atoms with Crippen molar-refractivity contribution in [2.45, 2.75) is 13.8 Å². The van der Waals surface area contributed by atoms with Crippen LogP contribution in [0.2, 0.25) is 0 Å². The second kappa shape index (κ2) is 9.48. The molecular formula is C18H20N2O4S. The van der Waals surface area contributed by atoms with Crippen molar-refractivity contribution in [3.63, 3.8) is 0 Å². The molecular weight excluding hydrogens is 340 g/mol. The summed E-state index contributed by atoms with van der Waals surface area (Å²) in [4.78, 5) is 24.1. The molecule has 0 radical (unpaired) electrons. The van der Waals surface area contributed by atoms with Crippen molar-refractivity contribution < 1.29 is 19.1 Å². The van der Waals surface area contributed by atoms with Crippen LogP contribution in [0, 0.1) is 0 Å². The number of rotatable bonds is 7. The van der Waals surface area contributed by atoms with Gasteiger partial charge in [0.1, 0.15) is 0 Å². The minimum atomic E-state index is -0.434. The Morgan fingerprint density at radius 1 is 1.08 bits per heavy atom. The molecule has 0 aliphatic heterocycles. The standard InChI is InChI=1S/C18H20N2O4S/c1-3-23-14-9-7-13(12-15(14)24-4-2)8-10-17(21)19-20-18(22)16-6-5-11-25-16/h5-12H,3-4H2,1-2H3,(H,19,21)(H,20,22)/b10-8+. The number of benzene rings is 1. The number of hydrazine groups is 1.